The number of hydrogen-bond acceptors (Lipinski definition) is 5. The van der Waals surface area contributed by atoms with Crippen LogP contribution in [0.2, 0.25) is 5.15 Å². The molecule has 2 heterocycles. The van der Waals surface area contributed by atoms with Crippen molar-refractivity contribution in [3.63, 3.8) is 0 Å². The molecule has 10 heteroatoms. The molecule has 1 aliphatic heterocycles. The number of thioether (sulfide) groups is 1. The van der Waals surface area contributed by atoms with Crippen LogP contribution >= 0.6 is 23.4 Å². The van der Waals surface area contributed by atoms with Gasteiger partial charge >= 0.3 is 6.18 Å². The van der Waals surface area contributed by atoms with Crippen molar-refractivity contribution >= 4 is 29.3 Å². The first kappa shape index (κ1) is 21.6. The van der Waals surface area contributed by atoms with Crippen molar-refractivity contribution in [3.05, 3.63) is 16.9 Å². The monoisotopic (exact) mass is 436 g/mol. The molecular weight excluding hydrogens is 413 g/mol. The Labute approximate surface area is 171 Å². The number of amides is 1. The lowest BCUT2D eigenvalue weighted by atomic mass is 9.74. The summed E-state index contributed by atoms with van der Waals surface area (Å²) in [6.07, 6.45) is 1.01. The van der Waals surface area contributed by atoms with Crippen LogP contribution < -0.4 is 5.73 Å². The SMILES string of the molecule is CSc1nc(Cl)cc(C2(N3CC(C(N)=O)CCC3C(F)(F)F)CCCCC2)n1. The molecule has 1 aromatic heterocycles. The van der Waals surface area contributed by atoms with Crippen molar-refractivity contribution in [2.24, 2.45) is 11.7 Å². The molecule has 2 atom stereocenters. The molecule has 0 radical (unpaired) electrons. The summed E-state index contributed by atoms with van der Waals surface area (Å²) in [5, 5.41) is 0.644. The van der Waals surface area contributed by atoms with Gasteiger partial charge in [0.15, 0.2) is 5.16 Å². The molecule has 1 saturated heterocycles. The summed E-state index contributed by atoms with van der Waals surface area (Å²) in [4.78, 5) is 21.9. The fourth-order valence-corrected chi connectivity index (χ4v) is 5.18. The number of carbonyl (C=O) groups excluding carboxylic acids is 1. The molecule has 1 aliphatic carbocycles. The Balaban J connectivity index is 2.12. The van der Waals surface area contributed by atoms with Gasteiger partial charge in [-0.25, -0.2) is 9.97 Å². The molecule has 2 N–H and O–H groups in total. The van der Waals surface area contributed by atoms with Gasteiger partial charge < -0.3 is 5.73 Å². The molecule has 1 saturated carbocycles. The summed E-state index contributed by atoms with van der Waals surface area (Å²) in [5.74, 6) is -1.16. The Hall–Kier alpha value is -1.06. The first-order chi connectivity index (χ1) is 13.2. The van der Waals surface area contributed by atoms with Crippen molar-refractivity contribution in [3.8, 4) is 0 Å². The molecule has 156 valence electrons. The highest BCUT2D eigenvalue weighted by atomic mass is 35.5. The topological polar surface area (TPSA) is 72.1 Å². The zero-order chi connectivity index (χ0) is 20.5. The number of hydrogen-bond donors (Lipinski definition) is 1. The molecule has 28 heavy (non-hydrogen) atoms. The minimum Gasteiger partial charge on any atom is -0.369 e. The van der Waals surface area contributed by atoms with Crippen LogP contribution in [0, 0.1) is 5.92 Å². The van der Waals surface area contributed by atoms with Gasteiger partial charge in [0.2, 0.25) is 5.91 Å². The molecule has 2 aliphatic rings. The summed E-state index contributed by atoms with van der Waals surface area (Å²) in [6, 6.07) is -0.0545. The molecule has 1 aromatic rings. The Kier molecular flexibility index (Phi) is 6.46. The second-order valence-electron chi connectivity index (χ2n) is 7.54. The Morgan fingerprint density at radius 3 is 2.54 bits per heavy atom. The largest absolute Gasteiger partial charge is 0.404 e. The van der Waals surface area contributed by atoms with Crippen LogP contribution in [0.3, 0.4) is 0 Å². The quantitative estimate of drug-likeness (QED) is 0.436. The Bertz CT molecular complexity index is 727. The van der Waals surface area contributed by atoms with Crippen molar-refractivity contribution in [1.29, 1.82) is 0 Å². The first-order valence-corrected chi connectivity index (χ1v) is 11.0. The van der Waals surface area contributed by atoms with Crippen LogP contribution in [-0.4, -0.2) is 45.8 Å². The smallest absolute Gasteiger partial charge is 0.369 e. The van der Waals surface area contributed by atoms with E-state index in [1.807, 2.05) is 0 Å². The second-order valence-corrected chi connectivity index (χ2v) is 8.70. The van der Waals surface area contributed by atoms with Gasteiger partial charge in [0, 0.05) is 6.54 Å². The van der Waals surface area contributed by atoms with Gasteiger partial charge in [0.05, 0.1) is 17.2 Å². The molecule has 0 aromatic carbocycles. The number of likely N-dealkylation sites (tertiary alicyclic amines) is 1. The van der Waals surface area contributed by atoms with E-state index in [0.717, 1.165) is 19.3 Å². The molecule has 0 spiro atoms. The maximum atomic E-state index is 14.0. The van der Waals surface area contributed by atoms with Crippen LogP contribution in [-0.2, 0) is 10.3 Å². The highest BCUT2D eigenvalue weighted by Crippen LogP contribution is 2.48. The minimum absolute atomic E-state index is 0.0181. The van der Waals surface area contributed by atoms with Gasteiger partial charge in [0.25, 0.3) is 0 Å². The summed E-state index contributed by atoms with van der Waals surface area (Å²) >= 11 is 7.47. The van der Waals surface area contributed by atoms with E-state index in [2.05, 4.69) is 9.97 Å². The van der Waals surface area contributed by atoms with Crippen molar-refractivity contribution < 1.29 is 18.0 Å². The van der Waals surface area contributed by atoms with Crippen molar-refractivity contribution in [2.45, 2.75) is 67.9 Å². The average molecular weight is 437 g/mol. The number of piperidine rings is 1. The predicted octanol–water partition coefficient (Wildman–Crippen LogP) is 4.14. The zero-order valence-electron chi connectivity index (χ0n) is 15.6. The van der Waals surface area contributed by atoms with Gasteiger partial charge in [0.1, 0.15) is 11.2 Å². The number of aromatic nitrogens is 2. The van der Waals surface area contributed by atoms with Crippen molar-refractivity contribution in [1.82, 2.24) is 14.9 Å². The lowest BCUT2D eigenvalue weighted by Crippen LogP contribution is -2.62. The number of rotatable bonds is 4. The lowest BCUT2D eigenvalue weighted by molar-refractivity contribution is -0.217. The van der Waals surface area contributed by atoms with Crippen LogP contribution in [0.5, 0.6) is 0 Å². The third-order valence-electron chi connectivity index (χ3n) is 5.93. The third kappa shape index (κ3) is 4.26. The van der Waals surface area contributed by atoms with Crippen LogP contribution in [0.1, 0.15) is 50.6 Å². The maximum Gasteiger partial charge on any atom is 0.404 e. The minimum atomic E-state index is -4.40. The Morgan fingerprint density at radius 2 is 1.96 bits per heavy atom. The second kappa shape index (κ2) is 8.36. The third-order valence-corrected chi connectivity index (χ3v) is 6.67. The van der Waals surface area contributed by atoms with E-state index in [9.17, 15) is 18.0 Å². The van der Waals surface area contributed by atoms with Gasteiger partial charge in [-0.15, -0.1) is 0 Å². The van der Waals surface area contributed by atoms with E-state index < -0.39 is 29.6 Å². The molecule has 3 rings (SSSR count). The predicted molar refractivity (Wildman–Crippen MR) is 102 cm³/mol. The fourth-order valence-electron chi connectivity index (χ4n) is 4.57. The molecule has 2 fully saturated rings. The number of carbonyl (C=O) groups is 1. The summed E-state index contributed by atoms with van der Waals surface area (Å²) in [7, 11) is 0. The van der Waals surface area contributed by atoms with E-state index >= 15 is 0 Å². The van der Waals surface area contributed by atoms with Crippen LogP contribution in [0.25, 0.3) is 0 Å². The van der Waals surface area contributed by atoms with Crippen LogP contribution in [0.4, 0.5) is 13.2 Å². The normalized spacial score (nSPS) is 26.2. The number of alkyl halides is 3. The van der Waals surface area contributed by atoms with Gasteiger partial charge in [-0.05, 0) is 38.0 Å². The molecule has 5 nitrogen and oxygen atoms in total. The Morgan fingerprint density at radius 1 is 1.29 bits per heavy atom. The average Bonchev–Trinajstić information content (AvgIpc) is 2.66. The van der Waals surface area contributed by atoms with Gasteiger partial charge in [-0.2, -0.15) is 13.2 Å². The van der Waals surface area contributed by atoms with Gasteiger partial charge in [-0.1, -0.05) is 42.6 Å². The number of halogens is 4. The maximum absolute atomic E-state index is 14.0. The van der Waals surface area contributed by atoms with E-state index in [1.165, 1.54) is 16.7 Å². The summed E-state index contributed by atoms with van der Waals surface area (Å²) in [5.41, 5.74) is 5.05. The number of primary amides is 1. The molecule has 1 amide bonds. The van der Waals surface area contributed by atoms with E-state index in [-0.39, 0.29) is 24.5 Å². The summed E-state index contributed by atoms with van der Waals surface area (Å²) in [6.45, 7) is -0.0181. The molecule has 2 unspecified atom stereocenters. The van der Waals surface area contributed by atoms with Gasteiger partial charge in [-0.3, -0.25) is 9.69 Å². The zero-order valence-corrected chi connectivity index (χ0v) is 17.2. The van der Waals surface area contributed by atoms with Crippen LogP contribution in [0.15, 0.2) is 11.2 Å². The molecule has 0 bridgehead atoms. The van der Waals surface area contributed by atoms with E-state index in [4.69, 9.17) is 17.3 Å². The highest BCUT2D eigenvalue weighted by molar-refractivity contribution is 7.98. The van der Waals surface area contributed by atoms with E-state index in [0.29, 0.717) is 23.7 Å². The standard InChI is InChI=1S/C18H24ClF3N4OS/c1-28-16-24-12(9-14(19)25-16)17(7-3-2-4-8-17)26-10-11(15(23)27)5-6-13(26)18(20,21)22/h9,11,13H,2-8,10H2,1H3,(H2,23,27). The van der Waals surface area contributed by atoms with E-state index in [1.54, 1.807) is 12.3 Å². The lowest BCUT2D eigenvalue weighted by Gasteiger charge is -2.52. The highest BCUT2D eigenvalue weighted by Gasteiger charge is 2.55. The number of nitrogens with two attached hydrogens (primary N) is 1. The fraction of sp³-hybridized carbons (Fsp3) is 0.722. The van der Waals surface area contributed by atoms with Crippen molar-refractivity contribution in [2.75, 3.05) is 12.8 Å². The summed E-state index contributed by atoms with van der Waals surface area (Å²) < 4.78 is 41.9. The first-order valence-electron chi connectivity index (χ1n) is 9.39. The molecular formula is C18H24ClF3N4OS. The number of nitrogens with zero attached hydrogens (tertiary/aromatic N) is 3.